The van der Waals surface area contributed by atoms with Crippen molar-refractivity contribution in [3.05, 3.63) is 70.9 Å². The first-order valence-electron chi connectivity index (χ1n) is 9.73. The summed E-state index contributed by atoms with van der Waals surface area (Å²) < 4.78 is 31.6. The number of hydrogen-bond donors (Lipinski definition) is 0. The minimum Gasteiger partial charge on any atom is -0.361 e. The maximum absolute atomic E-state index is 12.0. The minimum atomic E-state index is -3.36. The third-order valence-corrected chi connectivity index (χ3v) is 6.57. The molecule has 0 saturated carbocycles. The molecule has 0 fully saturated rings. The highest BCUT2D eigenvalue weighted by Crippen LogP contribution is 2.27. The van der Waals surface area contributed by atoms with E-state index in [-0.39, 0.29) is 17.3 Å². The zero-order valence-electron chi connectivity index (χ0n) is 17.9. The van der Waals surface area contributed by atoms with Crippen LogP contribution in [-0.2, 0) is 32.5 Å². The Balaban J connectivity index is 2.03. The molecule has 3 rings (SSSR count). The summed E-state index contributed by atoms with van der Waals surface area (Å²) >= 11 is 6.34. The highest BCUT2D eigenvalue weighted by Gasteiger charge is 2.25. The smallest absolute Gasteiger partial charge is 0.175 e. The number of aromatic nitrogens is 2. The van der Waals surface area contributed by atoms with E-state index in [1.165, 1.54) is 13.2 Å². The van der Waals surface area contributed by atoms with Crippen LogP contribution in [0.4, 0.5) is 0 Å². The van der Waals surface area contributed by atoms with Gasteiger partial charge in [-0.05, 0) is 50.6 Å². The summed E-state index contributed by atoms with van der Waals surface area (Å²) in [7, 11) is -3.36. The molecule has 0 amide bonds. The van der Waals surface area contributed by atoms with E-state index in [0.717, 1.165) is 11.3 Å². The predicted molar refractivity (Wildman–Crippen MR) is 121 cm³/mol. The number of halogens is 1. The second-order valence-corrected chi connectivity index (χ2v) is 10.3. The molecule has 6 nitrogen and oxygen atoms in total. The van der Waals surface area contributed by atoms with Crippen molar-refractivity contribution in [2.45, 2.75) is 44.4 Å². The number of sulfone groups is 1. The van der Waals surface area contributed by atoms with E-state index >= 15 is 0 Å². The van der Waals surface area contributed by atoms with Crippen molar-refractivity contribution in [1.29, 1.82) is 0 Å². The molecule has 164 valence electrons. The zero-order chi connectivity index (χ0) is 22.8. The second kappa shape index (κ2) is 8.94. The summed E-state index contributed by atoms with van der Waals surface area (Å²) in [5, 5.41) is 5.26. The van der Waals surface area contributed by atoms with Crippen molar-refractivity contribution >= 4 is 27.2 Å². The van der Waals surface area contributed by atoms with Crippen LogP contribution in [-0.4, -0.2) is 35.8 Å². The first-order chi connectivity index (χ1) is 14.5. The topological polar surface area (TPSA) is 78.3 Å². The van der Waals surface area contributed by atoms with Gasteiger partial charge in [-0.25, -0.2) is 8.42 Å². The molecule has 0 radical (unpaired) electrons. The fourth-order valence-corrected chi connectivity index (χ4v) is 3.79. The molecule has 0 saturated heterocycles. The van der Waals surface area contributed by atoms with Crippen LogP contribution in [0.2, 0.25) is 5.02 Å². The second-order valence-electron chi connectivity index (χ2n) is 7.93. The third-order valence-electron chi connectivity index (χ3n) is 5.10. The van der Waals surface area contributed by atoms with Crippen LogP contribution >= 0.6 is 11.6 Å². The molecule has 8 heteroatoms. The lowest BCUT2D eigenvalue weighted by molar-refractivity contribution is -0.139. The van der Waals surface area contributed by atoms with Crippen molar-refractivity contribution in [3.63, 3.8) is 0 Å². The van der Waals surface area contributed by atoms with Gasteiger partial charge >= 0.3 is 0 Å². The predicted octanol–water partition coefficient (Wildman–Crippen LogP) is 4.54. The lowest BCUT2D eigenvalue weighted by Crippen LogP contribution is -2.32. The Bertz CT molecular complexity index is 1220. The highest BCUT2D eigenvalue weighted by atomic mass is 35.5. The number of hydrogen-bond acceptors (Lipinski definition) is 5. The first kappa shape index (κ1) is 23.2. The van der Waals surface area contributed by atoms with Crippen molar-refractivity contribution in [2.75, 3.05) is 6.26 Å². The van der Waals surface area contributed by atoms with Crippen LogP contribution in [0.3, 0.4) is 0 Å². The summed E-state index contributed by atoms with van der Waals surface area (Å²) in [5.41, 5.74) is 2.01. The maximum Gasteiger partial charge on any atom is 0.175 e. The monoisotopic (exact) mass is 460 g/mol. The summed E-state index contributed by atoms with van der Waals surface area (Å²) in [5.74, 6) is -0.0796. The molecule has 31 heavy (non-hydrogen) atoms. The molecule has 0 unspecified atom stereocenters. The van der Waals surface area contributed by atoms with Gasteiger partial charge in [-0.2, -0.15) is 5.10 Å². The molecule has 1 heterocycles. The number of rotatable bonds is 8. The number of ether oxygens (including phenoxy) is 1. The molecule has 0 spiro atoms. The molecule has 0 atom stereocenters. The van der Waals surface area contributed by atoms with Crippen molar-refractivity contribution in [3.8, 4) is 11.3 Å². The average Bonchev–Trinajstić information content (AvgIpc) is 3.10. The molecule has 0 aliphatic heterocycles. The number of nitrogens with zero attached hydrogens (tertiary/aromatic N) is 2. The average molecular weight is 461 g/mol. The van der Waals surface area contributed by atoms with Gasteiger partial charge in [-0.15, -0.1) is 0 Å². The maximum atomic E-state index is 12.0. The molecule has 2 aromatic carbocycles. The van der Waals surface area contributed by atoms with Crippen LogP contribution in [0.25, 0.3) is 11.3 Å². The quantitative estimate of drug-likeness (QED) is 0.493. The Labute approximate surface area is 187 Å². The Kier molecular flexibility index (Phi) is 6.69. The number of ketones is 1. The van der Waals surface area contributed by atoms with Crippen LogP contribution in [0.5, 0.6) is 0 Å². The summed E-state index contributed by atoms with van der Waals surface area (Å²) in [6.45, 7) is 5.45. The van der Waals surface area contributed by atoms with E-state index in [0.29, 0.717) is 22.8 Å². The van der Waals surface area contributed by atoms with Crippen molar-refractivity contribution < 1.29 is 17.9 Å². The van der Waals surface area contributed by atoms with Crippen molar-refractivity contribution in [1.82, 2.24) is 9.78 Å². The van der Waals surface area contributed by atoms with Crippen molar-refractivity contribution in [2.24, 2.45) is 0 Å². The number of Topliss-reactive ketones (excluding diaryl/α,β-unsaturated/α-hetero) is 1. The number of carbonyl (C=O) groups excluding carboxylic acids is 1. The van der Waals surface area contributed by atoms with Gasteiger partial charge < -0.3 is 4.74 Å². The fraction of sp³-hybridized carbons (Fsp3) is 0.304. The Morgan fingerprint density at radius 1 is 1.13 bits per heavy atom. The Morgan fingerprint density at radius 2 is 1.84 bits per heavy atom. The molecule has 0 aliphatic rings. The van der Waals surface area contributed by atoms with Gasteiger partial charge in [0.2, 0.25) is 0 Å². The van der Waals surface area contributed by atoms with Crippen LogP contribution < -0.4 is 0 Å². The molecular weight excluding hydrogens is 436 g/mol. The van der Waals surface area contributed by atoms with Gasteiger partial charge in [-0.3, -0.25) is 9.48 Å². The van der Waals surface area contributed by atoms with E-state index < -0.39 is 15.4 Å². The van der Waals surface area contributed by atoms with E-state index in [9.17, 15) is 13.2 Å². The number of carbonyl (C=O) groups is 1. The Hall–Kier alpha value is -2.48. The van der Waals surface area contributed by atoms with E-state index in [1.807, 2.05) is 36.4 Å². The molecular formula is C23H25ClN2O4S. The molecule has 1 aromatic heterocycles. The lowest BCUT2D eigenvalue weighted by Gasteiger charge is -2.21. The van der Waals surface area contributed by atoms with Gasteiger partial charge in [0, 0.05) is 16.8 Å². The van der Waals surface area contributed by atoms with Gasteiger partial charge in [0.1, 0.15) is 5.60 Å². The van der Waals surface area contributed by atoms with Crippen LogP contribution in [0, 0.1) is 0 Å². The summed E-state index contributed by atoms with van der Waals surface area (Å²) in [6.07, 6.45) is 1.18. The molecule has 0 aliphatic carbocycles. The van der Waals surface area contributed by atoms with Gasteiger partial charge in [0.25, 0.3) is 0 Å². The zero-order valence-corrected chi connectivity index (χ0v) is 19.5. The lowest BCUT2D eigenvalue weighted by atomic mass is 10.1. The molecule has 3 aromatic rings. The Morgan fingerprint density at radius 3 is 2.48 bits per heavy atom. The minimum absolute atomic E-state index is 0.0796. The summed E-state index contributed by atoms with van der Waals surface area (Å²) in [6, 6.07) is 16.0. The normalized spacial score (nSPS) is 12.2. The van der Waals surface area contributed by atoms with Gasteiger partial charge in [0.15, 0.2) is 15.6 Å². The van der Waals surface area contributed by atoms with Gasteiger partial charge in [-0.1, -0.05) is 41.9 Å². The molecule has 0 bridgehead atoms. The standard InChI is InChI=1S/C23H25ClN2O4S/c1-16(27)23(2,3)30-15-19-13-22(17-9-7-10-20(12-17)31(4,28)29)26(25-19)14-18-8-5-6-11-21(18)24/h5-13H,14-15H2,1-4H3. The fourth-order valence-electron chi connectivity index (χ4n) is 2.92. The number of benzene rings is 2. The highest BCUT2D eigenvalue weighted by molar-refractivity contribution is 7.90. The van der Waals surface area contributed by atoms with E-state index in [1.54, 1.807) is 36.7 Å². The van der Waals surface area contributed by atoms with Crippen LogP contribution in [0.15, 0.2) is 59.5 Å². The van der Waals surface area contributed by atoms with E-state index in [2.05, 4.69) is 5.10 Å². The summed E-state index contributed by atoms with van der Waals surface area (Å²) in [4.78, 5) is 12.0. The SMILES string of the molecule is CC(=O)C(C)(C)OCc1cc(-c2cccc(S(C)(=O)=O)c2)n(Cc2ccccc2Cl)n1. The molecule has 0 N–H and O–H groups in total. The van der Waals surface area contributed by atoms with E-state index in [4.69, 9.17) is 16.3 Å². The van der Waals surface area contributed by atoms with Crippen LogP contribution in [0.1, 0.15) is 32.0 Å². The van der Waals surface area contributed by atoms with Gasteiger partial charge in [0.05, 0.1) is 29.4 Å². The largest absolute Gasteiger partial charge is 0.361 e. The first-order valence-corrected chi connectivity index (χ1v) is 12.0. The third kappa shape index (κ3) is 5.61.